The average Bonchev–Trinajstić information content (AvgIpc) is 2.92. The molecule has 1 aliphatic heterocycles. The van der Waals surface area contributed by atoms with Gasteiger partial charge < -0.3 is 20.4 Å². The maximum atomic E-state index is 12.4. The summed E-state index contributed by atoms with van der Waals surface area (Å²) in [6.45, 7) is 1.68. The number of rotatable bonds is 7. The monoisotopic (exact) mass is 352 g/mol. The van der Waals surface area contributed by atoms with E-state index >= 15 is 0 Å². The van der Waals surface area contributed by atoms with Crippen LogP contribution in [0.1, 0.15) is 19.8 Å². The third kappa shape index (κ3) is 3.36. The van der Waals surface area contributed by atoms with Crippen LogP contribution >= 0.6 is 0 Å². The Hall–Kier alpha value is -2.99. The van der Waals surface area contributed by atoms with Gasteiger partial charge in [-0.3, -0.25) is 4.79 Å². The first-order valence-electron chi connectivity index (χ1n) is 8.41. The third-order valence-electron chi connectivity index (χ3n) is 4.11. The van der Waals surface area contributed by atoms with E-state index in [1.54, 1.807) is 13.0 Å². The van der Waals surface area contributed by atoms with Crippen molar-refractivity contribution in [1.29, 1.82) is 0 Å². The van der Waals surface area contributed by atoms with Crippen LogP contribution in [-0.4, -0.2) is 30.0 Å². The quantitative estimate of drug-likeness (QED) is 0.571. The number of nitrogens with two attached hydrogens (primary N) is 1. The third-order valence-corrected chi connectivity index (χ3v) is 4.11. The lowest BCUT2D eigenvalue weighted by atomic mass is 9.96. The molecule has 1 amide bonds. The van der Waals surface area contributed by atoms with Crippen molar-refractivity contribution in [2.75, 3.05) is 12.3 Å². The molecule has 26 heavy (non-hydrogen) atoms. The minimum atomic E-state index is -0.670. The molecule has 6 nitrogen and oxygen atoms in total. The summed E-state index contributed by atoms with van der Waals surface area (Å²) in [5.41, 5.74) is 8.48. The number of anilines is 1. The van der Waals surface area contributed by atoms with Crippen LogP contribution < -0.4 is 21.0 Å². The first kappa shape index (κ1) is 17.8. The number of aliphatic hydroxyl groups is 1. The lowest BCUT2D eigenvalue weighted by molar-refractivity contribution is -0.112. The number of nitrogen functional groups attached to an aromatic ring is 1. The highest BCUT2D eigenvalue weighted by Gasteiger charge is 2.23. The molecule has 6 heteroatoms. The van der Waals surface area contributed by atoms with Crippen LogP contribution in [0.4, 0.5) is 5.69 Å². The number of nitrogens with zero attached hydrogens (tertiary/aromatic N) is 1. The summed E-state index contributed by atoms with van der Waals surface area (Å²) in [5.74, 6) is 0.0514. The smallest absolute Gasteiger partial charge is 0.274 e. The first-order valence-corrected chi connectivity index (χ1v) is 8.41. The Labute approximate surface area is 150 Å². The van der Waals surface area contributed by atoms with Gasteiger partial charge >= 0.3 is 0 Å². The number of carbonyl (C=O) groups is 2. The van der Waals surface area contributed by atoms with E-state index in [2.05, 4.69) is 4.99 Å². The van der Waals surface area contributed by atoms with Gasteiger partial charge in [-0.05, 0) is 25.0 Å². The van der Waals surface area contributed by atoms with Crippen molar-refractivity contribution >= 4 is 23.5 Å². The Morgan fingerprint density at radius 1 is 1.31 bits per heavy atom. The zero-order valence-electron chi connectivity index (χ0n) is 14.4. The highest BCUT2D eigenvalue weighted by molar-refractivity contribution is 6.16. The van der Waals surface area contributed by atoms with Crippen molar-refractivity contribution < 1.29 is 19.4 Å². The van der Waals surface area contributed by atoms with Gasteiger partial charge in [-0.1, -0.05) is 30.3 Å². The van der Waals surface area contributed by atoms with Crippen molar-refractivity contribution in [3.63, 3.8) is 0 Å². The lowest BCUT2D eigenvalue weighted by Gasteiger charge is -2.16. The molecule has 1 unspecified atom stereocenters. The summed E-state index contributed by atoms with van der Waals surface area (Å²) >= 11 is 0. The van der Waals surface area contributed by atoms with Crippen molar-refractivity contribution in [3.05, 3.63) is 47.0 Å². The Kier molecular flexibility index (Phi) is 5.14. The second kappa shape index (κ2) is 7.49. The van der Waals surface area contributed by atoms with Crippen LogP contribution in [0.3, 0.4) is 0 Å². The number of fused-ring (bicyclic) bond motifs is 1. The van der Waals surface area contributed by atoms with Gasteiger partial charge in [0.15, 0.2) is 5.75 Å². The van der Waals surface area contributed by atoms with Gasteiger partial charge in [0, 0.05) is 22.8 Å². The molecule has 3 N–H and O–H groups in total. The summed E-state index contributed by atoms with van der Waals surface area (Å²) in [4.78, 5) is 27.3. The topological polar surface area (TPSA) is 102 Å². The fourth-order valence-corrected chi connectivity index (χ4v) is 3.02. The van der Waals surface area contributed by atoms with E-state index < -0.39 is 6.10 Å². The zero-order valence-corrected chi connectivity index (χ0v) is 14.4. The number of hydrogen-bond donors (Lipinski definition) is 2. The molecule has 0 fully saturated rings. The highest BCUT2D eigenvalue weighted by Crippen LogP contribution is 2.32. The average molecular weight is 352 g/mol. The van der Waals surface area contributed by atoms with Gasteiger partial charge in [0.2, 0.25) is 0 Å². The molecule has 1 aliphatic rings. The molecule has 0 radical (unpaired) electrons. The molecule has 2 aromatic rings. The number of benzene rings is 2. The fraction of sp³-hybridized carbons (Fsp3) is 0.250. The molecule has 0 bridgehead atoms. The van der Waals surface area contributed by atoms with Gasteiger partial charge in [0.05, 0.1) is 17.1 Å². The van der Waals surface area contributed by atoms with Gasteiger partial charge in [0.25, 0.3) is 5.91 Å². The molecule has 0 saturated carbocycles. The maximum absolute atomic E-state index is 12.4. The van der Waals surface area contributed by atoms with E-state index in [9.17, 15) is 14.7 Å². The van der Waals surface area contributed by atoms with E-state index in [1.165, 1.54) is 0 Å². The standard InChI is InChI=1S/C20H20N2O4/c1-12(24)11-26-19-15(21)10-16-18(14(8-5-9-23)20(25)22-16)17(19)13-6-3-2-4-7-13/h2-4,6-7,9-10,12,24H,5,8,11,21H2,1H3. The maximum Gasteiger partial charge on any atom is 0.274 e. The summed E-state index contributed by atoms with van der Waals surface area (Å²) in [7, 11) is 0. The van der Waals surface area contributed by atoms with E-state index in [0.29, 0.717) is 39.6 Å². The van der Waals surface area contributed by atoms with E-state index in [4.69, 9.17) is 10.5 Å². The summed E-state index contributed by atoms with van der Waals surface area (Å²) < 4.78 is 5.79. The predicted molar refractivity (Wildman–Crippen MR) is 98.0 cm³/mol. The molecule has 2 aromatic carbocycles. The van der Waals surface area contributed by atoms with Crippen LogP contribution in [0.2, 0.25) is 0 Å². The Bertz CT molecular complexity index is 966. The predicted octanol–water partition coefficient (Wildman–Crippen LogP) is 0.985. The van der Waals surface area contributed by atoms with E-state index in [1.807, 2.05) is 30.3 Å². The SMILES string of the molecule is CC(O)COc1c(N)cc2c(c1-c1ccccc1)=C(CCC=O)C(=O)N=2. The van der Waals surface area contributed by atoms with E-state index in [0.717, 1.165) is 11.8 Å². The minimum Gasteiger partial charge on any atom is -0.488 e. The molecule has 0 saturated heterocycles. The molecule has 1 atom stereocenters. The fourth-order valence-electron chi connectivity index (χ4n) is 3.02. The zero-order chi connectivity index (χ0) is 18.7. The number of hydrogen-bond acceptors (Lipinski definition) is 5. The van der Waals surface area contributed by atoms with E-state index in [-0.39, 0.29) is 18.9 Å². The first-order chi connectivity index (χ1) is 12.5. The molecular weight excluding hydrogens is 332 g/mol. The van der Waals surface area contributed by atoms with Crippen molar-refractivity contribution in [3.8, 4) is 16.9 Å². The number of amides is 1. The minimum absolute atomic E-state index is 0.0670. The van der Waals surface area contributed by atoms with Crippen LogP contribution in [-0.2, 0) is 9.59 Å². The normalized spacial score (nSPS) is 13.9. The van der Waals surface area contributed by atoms with Gasteiger partial charge in [-0.25, -0.2) is 4.99 Å². The summed E-state index contributed by atoms with van der Waals surface area (Å²) in [6, 6.07) is 11.0. The van der Waals surface area contributed by atoms with Gasteiger partial charge in [-0.15, -0.1) is 0 Å². The van der Waals surface area contributed by atoms with Crippen molar-refractivity contribution in [1.82, 2.24) is 0 Å². The Morgan fingerprint density at radius 3 is 2.69 bits per heavy atom. The summed E-state index contributed by atoms with van der Waals surface area (Å²) in [6.07, 6.45) is 0.649. The summed E-state index contributed by atoms with van der Waals surface area (Å²) in [5, 5.41) is 10.7. The van der Waals surface area contributed by atoms with Crippen LogP contribution in [0.15, 0.2) is 41.4 Å². The number of ether oxygens (including phenoxy) is 1. The lowest BCUT2D eigenvalue weighted by Crippen LogP contribution is -2.28. The van der Waals surface area contributed by atoms with Crippen LogP contribution in [0.25, 0.3) is 16.7 Å². The molecule has 134 valence electrons. The molecule has 1 heterocycles. The molecular formula is C20H20N2O4. The highest BCUT2D eigenvalue weighted by atomic mass is 16.5. The van der Waals surface area contributed by atoms with Crippen LogP contribution in [0.5, 0.6) is 5.75 Å². The van der Waals surface area contributed by atoms with Gasteiger partial charge in [-0.2, -0.15) is 0 Å². The molecule has 0 spiro atoms. The number of aldehydes is 1. The largest absolute Gasteiger partial charge is 0.488 e. The second-order valence-corrected chi connectivity index (χ2v) is 6.19. The second-order valence-electron chi connectivity index (χ2n) is 6.19. The van der Waals surface area contributed by atoms with Crippen LogP contribution in [0, 0.1) is 0 Å². The van der Waals surface area contributed by atoms with Crippen molar-refractivity contribution in [2.45, 2.75) is 25.9 Å². The molecule has 3 rings (SSSR count). The Morgan fingerprint density at radius 2 is 2.04 bits per heavy atom. The number of aliphatic hydroxyl groups excluding tert-OH is 1. The van der Waals surface area contributed by atoms with Gasteiger partial charge in [0.1, 0.15) is 12.9 Å². The van der Waals surface area contributed by atoms with Crippen molar-refractivity contribution in [2.24, 2.45) is 4.99 Å². The molecule has 0 aliphatic carbocycles. The number of carbonyl (C=O) groups excluding carboxylic acids is 2. The molecule has 0 aromatic heterocycles. The Balaban J connectivity index is 2.34.